The number of hydrogen-bond acceptors (Lipinski definition) is 2. The molecule has 1 aromatic rings. The van der Waals surface area contributed by atoms with Crippen LogP contribution in [0.2, 0.25) is 0 Å². The molecule has 0 fully saturated rings. The molecule has 16 heavy (non-hydrogen) atoms. The van der Waals surface area contributed by atoms with Crippen LogP contribution in [0.25, 0.3) is 0 Å². The zero-order chi connectivity index (χ0) is 12.0. The van der Waals surface area contributed by atoms with E-state index in [1.807, 2.05) is 31.2 Å². The Morgan fingerprint density at radius 3 is 2.56 bits per heavy atom. The van der Waals surface area contributed by atoms with E-state index in [1.54, 1.807) is 0 Å². The summed E-state index contributed by atoms with van der Waals surface area (Å²) in [4.78, 5) is 10.9. The normalized spacial score (nSPS) is 12.4. The van der Waals surface area contributed by atoms with Gasteiger partial charge in [-0.15, -0.1) is 0 Å². The van der Waals surface area contributed by atoms with Crippen LogP contribution in [0.5, 0.6) is 0 Å². The summed E-state index contributed by atoms with van der Waals surface area (Å²) in [6.07, 6.45) is 1.52. The molecule has 0 aliphatic rings. The fraction of sp³-hybridized carbons (Fsp3) is 0.417. The van der Waals surface area contributed by atoms with Gasteiger partial charge in [-0.25, -0.2) is 0 Å². The van der Waals surface area contributed by atoms with Gasteiger partial charge < -0.3 is 10.4 Å². The van der Waals surface area contributed by atoms with Crippen molar-refractivity contribution in [2.24, 2.45) is 0 Å². The van der Waals surface area contributed by atoms with E-state index in [0.29, 0.717) is 13.0 Å². The van der Waals surface area contributed by atoms with E-state index < -0.39 is 12.0 Å². The van der Waals surface area contributed by atoms with E-state index in [2.05, 4.69) is 21.2 Å². The number of benzene rings is 1. The molecular weight excluding hydrogens is 270 g/mol. The van der Waals surface area contributed by atoms with Crippen LogP contribution in [0, 0.1) is 0 Å². The average Bonchev–Trinajstić information content (AvgIpc) is 2.26. The third kappa shape index (κ3) is 4.33. The largest absolute Gasteiger partial charge is 0.480 e. The van der Waals surface area contributed by atoms with E-state index in [0.717, 1.165) is 16.5 Å². The minimum Gasteiger partial charge on any atom is -0.480 e. The molecule has 0 aliphatic carbocycles. The smallest absolute Gasteiger partial charge is 0.320 e. The van der Waals surface area contributed by atoms with Crippen LogP contribution in [-0.2, 0) is 11.3 Å². The molecule has 0 aromatic heterocycles. The SMILES string of the molecule is CCCC(NCc1ccc(Br)cc1)C(=O)O. The van der Waals surface area contributed by atoms with Crippen molar-refractivity contribution >= 4 is 21.9 Å². The van der Waals surface area contributed by atoms with Crippen molar-refractivity contribution in [3.05, 3.63) is 34.3 Å². The van der Waals surface area contributed by atoms with Crippen molar-refractivity contribution < 1.29 is 9.90 Å². The molecule has 0 radical (unpaired) electrons. The van der Waals surface area contributed by atoms with Gasteiger partial charge >= 0.3 is 5.97 Å². The Balaban J connectivity index is 2.48. The van der Waals surface area contributed by atoms with Gasteiger partial charge in [-0.05, 0) is 24.1 Å². The van der Waals surface area contributed by atoms with Crippen LogP contribution in [0.1, 0.15) is 25.3 Å². The monoisotopic (exact) mass is 285 g/mol. The highest BCUT2D eigenvalue weighted by Crippen LogP contribution is 2.10. The molecule has 0 spiro atoms. The molecule has 1 unspecified atom stereocenters. The highest BCUT2D eigenvalue weighted by molar-refractivity contribution is 9.10. The molecule has 0 aliphatic heterocycles. The third-order valence-corrected chi connectivity index (χ3v) is 2.87. The fourth-order valence-electron chi connectivity index (χ4n) is 1.44. The summed E-state index contributed by atoms with van der Waals surface area (Å²) in [5.74, 6) is -0.779. The lowest BCUT2D eigenvalue weighted by molar-refractivity contribution is -0.139. The van der Waals surface area contributed by atoms with E-state index in [1.165, 1.54) is 0 Å². The van der Waals surface area contributed by atoms with Gasteiger partial charge in [0.1, 0.15) is 6.04 Å². The lowest BCUT2D eigenvalue weighted by atomic mass is 10.1. The molecule has 3 nitrogen and oxygen atoms in total. The Kier molecular flexibility index (Phi) is 5.49. The van der Waals surface area contributed by atoms with Crippen molar-refractivity contribution in [2.75, 3.05) is 0 Å². The van der Waals surface area contributed by atoms with E-state index in [-0.39, 0.29) is 0 Å². The Bertz CT molecular complexity index is 337. The zero-order valence-electron chi connectivity index (χ0n) is 9.24. The summed E-state index contributed by atoms with van der Waals surface area (Å²) in [5.41, 5.74) is 1.09. The van der Waals surface area contributed by atoms with Gasteiger partial charge in [-0.2, -0.15) is 0 Å². The number of carboxylic acid groups (broad SMARTS) is 1. The standard InChI is InChI=1S/C12H16BrNO2/c1-2-3-11(12(15)16)14-8-9-4-6-10(13)7-5-9/h4-7,11,14H,2-3,8H2,1H3,(H,15,16). The molecule has 0 heterocycles. The third-order valence-electron chi connectivity index (χ3n) is 2.34. The molecule has 4 heteroatoms. The fourth-order valence-corrected chi connectivity index (χ4v) is 1.71. The van der Waals surface area contributed by atoms with Crippen molar-refractivity contribution in [1.29, 1.82) is 0 Å². The minimum atomic E-state index is -0.779. The van der Waals surface area contributed by atoms with Crippen molar-refractivity contribution in [3.8, 4) is 0 Å². The van der Waals surface area contributed by atoms with Crippen LogP contribution >= 0.6 is 15.9 Å². The quantitative estimate of drug-likeness (QED) is 0.845. The molecule has 0 saturated heterocycles. The number of carboxylic acids is 1. The summed E-state index contributed by atoms with van der Waals surface area (Å²) in [6.45, 7) is 2.57. The topological polar surface area (TPSA) is 49.3 Å². The van der Waals surface area contributed by atoms with Gasteiger partial charge in [0, 0.05) is 11.0 Å². The Morgan fingerprint density at radius 2 is 2.06 bits per heavy atom. The van der Waals surface area contributed by atoms with Crippen molar-refractivity contribution in [3.63, 3.8) is 0 Å². The molecule has 1 aromatic carbocycles. The van der Waals surface area contributed by atoms with Crippen LogP contribution in [-0.4, -0.2) is 17.1 Å². The summed E-state index contributed by atoms with van der Waals surface area (Å²) in [7, 11) is 0. The summed E-state index contributed by atoms with van der Waals surface area (Å²) >= 11 is 3.36. The molecule has 0 bridgehead atoms. The maximum Gasteiger partial charge on any atom is 0.320 e. The molecular formula is C12H16BrNO2. The van der Waals surface area contributed by atoms with Gasteiger partial charge in [0.05, 0.1) is 0 Å². The zero-order valence-corrected chi connectivity index (χ0v) is 10.8. The second-order valence-corrected chi connectivity index (χ2v) is 4.60. The minimum absolute atomic E-state index is 0.450. The molecule has 1 atom stereocenters. The summed E-state index contributed by atoms with van der Waals surface area (Å²) in [5, 5.41) is 12.0. The number of aliphatic carboxylic acids is 1. The number of carbonyl (C=O) groups is 1. The Hall–Kier alpha value is -0.870. The van der Waals surface area contributed by atoms with Gasteiger partial charge in [0.2, 0.25) is 0 Å². The van der Waals surface area contributed by atoms with Gasteiger partial charge in [0.25, 0.3) is 0 Å². The number of rotatable bonds is 6. The highest BCUT2D eigenvalue weighted by Gasteiger charge is 2.14. The Labute approximate surface area is 104 Å². The lowest BCUT2D eigenvalue weighted by Crippen LogP contribution is -2.35. The van der Waals surface area contributed by atoms with Gasteiger partial charge in [0.15, 0.2) is 0 Å². The van der Waals surface area contributed by atoms with Crippen molar-refractivity contribution in [1.82, 2.24) is 5.32 Å². The second-order valence-electron chi connectivity index (χ2n) is 3.69. The number of halogens is 1. The first-order valence-corrected chi connectivity index (χ1v) is 6.13. The predicted octanol–water partition coefficient (Wildman–Crippen LogP) is 2.79. The van der Waals surface area contributed by atoms with E-state index in [4.69, 9.17) is 5.11 Å². The highest BCUT2D eigenvalue weighted by atomic mass is 79.9. The van der Waals surface area contributed by atoms with Gasteiger partial charge in [-0.3, -0.25) is 4.79 Å². The molecule has 0 amide bonds. The van der Waals surface area contributed by atoms with Crippen molar-refractivity contribution in [2.45, 2.75) is 32.4 Å². The maximum absolute atomic E-state index is 10.9. The van der Waals surface area contributed by atoms with Crippen LogP contribution in [0.15, 0.2) is 28.7 Å². The van der Waals surface area contributed by atoms with Crippen LogP contribution in [0.4, 0.5) is 0 Å². The summed E-state index contributed by atoms with van der Waals surface area (Å²) in [6, 6.07) is 7.40. The number of nitrogens with one attached hydrogen (secondary N) is 1. The van der Waals surface area contributed by atoms with E-state index in [9.17, 15) is 4.79 Å². The summed E-state index contributed by atoms with van der Waals surface area (Å²) < 4.78 is 1.03. The first kappa shape index (κ1) is 13.2. The molecule has 88 valence electrons. The maximum atomic E-state index is 10.9. The van der Waals surface area contributed by atoms with Gasteiger partial charge in [-0.1, -0.05) is 41.4 Å². The molecule has 2 N–H and O–H groups in total. The van der Waals surface area contributed by atoms with E-state index >= 15 is 0 Å². The first-order chi connectivity index (χ1) is 7.63. The Morgan fingerprint density at radius 1 is 1.44 bits per heavy atom. The second kappa shape index (κ2) is 6.66. The molecule has 1 rings (SSSR count). The lowest BCUT2D eigenvalue weighted by Gasteiger charge is -2.13. The predicted molar refractivity (Wildman–Crippen MR) is 67.3 cm³/mol. The first-order valence-electron chi connectivity index (χ1n) is 5.34. The molecule has 0 saturated carbocycles. The number of hydrogen-bond donors (Lipinski definition) is 2. The average molecular weight is 286 g/mol. The van der Waals surface area contributed by atoms with Crippen LogP contribution < -0.4 is 5.32 Å². The van der Waals surface area contributed by atoms with Crippen LogP contribution in [0.3, 0.4) is 0 Å².